The Morgan fingerprint density at radius 2 is 2.04 bits per heavy atom. The van der Waals surface area contributed by atoms with Crippen LogP contribution in [0.25, 0.3) is 11.5 Å². The summed E-state index contributed by atoms with van der Waals surface area (Å²) in [7, 11) is 0. The van der Waals surface area contributed by atoms with Crippen LogP contribution in [0.3, 0.4) is 0 Å². The summed E-state index contributed by atoms with van der Waals surface area (Å²) in [5.41, 5.74) is 1.86. The molecular weight excluding hydrogens is 370 g/mol. The van der Waals surface area contributed by atoms with Crippen molar-refractivity contribution in [1.29, 1.82) is 0 Å². The lowest BCUT2D eigenvalue weighted by molar-refractivity contribution is -0.130. The van der Waals surface area contributed by atoms with Crippen LogP contribution in [0.15, 0.2) is 41.0 Å². The fraction of sp³-hybridized carbons (Fsp3) is 0.474. The highest BCUT2D eigenvalue weighted by Gasteiger charge is 2.37. The van der Waals surface area contributed by atoms with Gasteiger partial charge in [0.25, 0.3) is 0 Å². The molecule has 2 aromatic rings. The van der Waals surface area contributed by atoms with Crippen molar-refractivity contribution in [1.82, 2.24) is 15.2 Å². The van der Waals surface area contributed by atoms with Crippen molar-refractivity contribution in [3.63, 3.8) is 0 Å². The van der Waals surface area contributed by atoms with Crippen LogP contribution in [0, 0.1) is 0 Å². The average molecular weight is 394 g/mol. The Kier molecular flexibility index (Phi) is 6.62. The zero-order valence-electron chi connectivity index (χ0n) is 14.6. The van der Waals surface area contributed by atoms with Gasteiger partial charge in [-0.15, -0.1) is 24.2 Å². The predicted molar refractivity (Wildman–Crippen MR) is 106 cm³/mol. The molecule has 2 aliphatic heterocycles. The molecule has 2 aliphatic rings. The van der Waals surface area contributed by atoms with Gasteiger partial charge in [0.15, 0.2) is 0 Å². The number of halogens is 1. The summed E-state index contributed by atoms with van der Waals surface area (Å²) in [6, 6.07) is 10.7. The van der Waals surface area contributed by atoms with Crippen LogP contribution < -0.4 is 5.32 Å². The number of nitrogens with zero attached hydrogens (tertiary/aromatic N) is 2. The molecule has 2 unspecified atom stereocenters. The minimum Gasteiger partial charge on any atom is -0.444 e. The van der Waals surface area contributed by atoms with Crippen molar-refractivity contribution in [2.24, 2.45) is 0 Å². The molecular formula is C19H24ClN3O2S. The number of nitrogens with one attached hydrogen (secondary N) is 1. The van der Waals surface area contributed by atoms with E-state index in [2.05, 4.69) is 15.2 Å². The highest BCUT2D eigenvalue weighted by Crippen LogP contribution is 2.29. The normalized spacial score (nSPS) is 21.9. The van der Waals surface area contributed by atoms with Gasteiger partial charge in [-0.3, -0.25) is 4.79 Å². The standard InChI is InChI=1S/C19H23N3O2S.ClH/c23-18(22-16-6-7-17(22)10-20-9-8-16)13-25-12-15-11-24-19(21-15)14-4-2-1-3-5-14;/h1-5,11,16-17,20H,6-10,12-13H2;1H. The number of hydrogen-bond donors (Lipinski definition) is 1. The molecule has 2 bridgehead atoms. The second kappa shape index (κ2) is 8.93. The van der Waals surface area contributed by atoms with Gasteiger partial charge in [-0.1, -0.05) is 18.2 Å². The van der Waals surface area contributed by atoms with Crippen LogP contribution in [0.5, 0.6) is 0 Å². The van der Waals surface area contributed by atoms with E-state index in [9.17, 15) is 4.79 Å². The second-order valence-corrected chi connectivity index (χ2v) is 7.67. The van der Waals surface area contributed by atoms with E-state index in [4.69, 9.17) is 4.42 Å². The predicted octanol–water partition coefficient (Wildman–Crippen LogP) is 3.35. The number of hydrogen-bond acceptors (Lipinski definition) is 5. The van der Waals surface area contributed by atoms with Gasteiger partial charge >= 0.3 is 0 Å². The van der Waals surface area contributed by atoms with Crippen molar-refractivity contribution in [3.05, 3.63) is 42.3 Å². The first-order valence-corrected chi connectivity index (χ1v) is 10.1. The molecule has 1 amide bonds. The molecule has 7 heteroatoms. The quantitative estimate of drug-likeness (QED) is 0.844. The second-order valence-electron chi connectivity index (χ2n) is 6.68. The van der Waals surface area contributed by atoms with E-state index in [0.717, 1.165) is 43.6 Å². The number of aromatic nitrogens is 1. The third-order valence-electron chi connectivity index (χ3n) is 4.99. The Bertz CT molecular complexity index is 711. The highest BCUT2D eigenvalue weighted by molar-refractivity contribution is 7.99. The third kappa shape index (κ3) is 4.24. The maximum absolute atomic E-state index is 12.7. The molecule has 1 N–H and O–H groups in total. The maximum Gasteiger partial charge on any atom is 0.233 e. The van der Waals surface area contributed by atoms with E-state index in [1.165, 1.54) is 0 Å². The van der Waals surface area contributed by atoms with Crippen LogP contribution in [0.1, 0.15) is 25.0 Å². The first-order chi connectivity index (χ1) is 12.3. The molecule has 0 saturated carbocycles. The summed E-state index contributed by atoms with van der Waals surface area (Å²) in [6.45, 7) is 1.97. The van der Waals surface area contributed by atoms with Gasteiger partial charge < -0.3 is 14.6 Å². The van der Waals surface area contributed by atoms with Crippen LogP contribution in [0.2, 0.25) is 0 Å². The van der Waals surface area contributed by atoms with Crippen molar-refractivity contribution in [2.45, 2.75) is 37.1 Å². The Balaban J connectivity index is 0.00000196. The highest BCUT2D eigenvalue weighted by atomic mass is 35.5. The number of carbonyl (C=O) groups is 1. The van der Waals surface area contributed by atoms with E-state index in [0.29, 0.717) is 29.5 Å². The number of fused-ring (bicyclic) bond motifs is 2. The Morgan fingerprint density at radius 3 is 2.88 bits per heavy atom. The molecule has 5 nitrogen and oxygen atoms in total. The first kappa shape index (κ1) is 19.3. The monoisotopic (exact) mass is 393 g/mol. The smallest absolute Gasteiger partial charge is 0.233 e. The molecule has 1 aromatic carbocycles. The Morgan fingerprint density at radius 1 is 1.23 bits per heavy atom. The minimum absolute atomic E-state index is 0. The maximum atomic E-state index is 12.7. The Hall–Kier alpha value is -1.50. The lowest BCUT2D eigenvalue weighted by Crippen LogP contribution is -2.43. The van der Waals surface area contributed by atoms with Crippen molar-refractivity contribution in [2.75, 3.05) is 18.8 Å². The van der Waals surface area contributed by atoms with Gasteiger partial charge in [0.05, 0.1) is 11.4 Å². The molecule has 0 radical (unpaired) electrons. The van der Waals surface area contributed by atoms with Crippen LogP contribution >= 0.6 is 24.2 Å². The molecule has 1 aromatic heterocycles. The van der Waals surface area contributed by atoms with E-state index in [1.807, 2.05) is 30.3 Å². The number of amides is 1. The van der Waals surface area contributed by atoms with Gasteiger partial charge in [0, 0.05) is 29.9 Å². The summed E-state index contributed by atoms with van der Waals surface area (Å²) in [4.78, 5) is 19.3. The van der Waals surface area contributed by atoms with Crippen LogP contribution in [0.4, 0.5) is 0 Å². The average Bonchev–Trinajstić information content (AvgIpc) is 3.19. The van der Waals surface area contributed by atoms with E-state index in [-0.39, 0.29) is 18.3 Å². The van der Waals surface area contributed by atoms with Gasteiger partial charge in [-0.25, -0.2) is 4.98 Å². The van der Waals surface area contributed by atoms with Gasteiger partial charge in [0.2, 0.25) is 11.8 Å². The summed E-state index contributed by atoms with van der Waals surface area (Å²) < 4.78 is 5.56. The fourth-order valence-electron chi connectivity index (χ4n) is 3.79. The zero-order valence-corrected chi connectivity index (χ0v) is 16.2. The third-order valence-corrected chi connectivity index (χ3v) is 5.94. The minimum atomic E-state index is 0. The first-order valence-electron chi connectivity index (χ1n) is 8.91. The number of carbonyl (C=O) groups excluding carboxylic acids is 1. The fourth-order valence-corrected chi connectivity index (χ4v) is 4.56. The van der Waals surface area contributed by atoms with Crippen molar-refractivity contribution >= 4 is 30.1 Å². The van der Waals surface area contributed by atoms with Crippen molar-refractivity contribution < 1.29 is 9.21 Å². The molecule has 0 aliphatic carbocycles. The van der Waals surface area contributed by atoms with Gasteiger partial charge in [-0.05, 0) is 37.9 Å². The van der Waals surface area contributed by atoms with E-state index >= 15 is 0 Å². The molecule has 3 heterocycles. The lowest BCUT2D eigenvalue weighted by Gasteiger charge is -2.27. The molecule has 140 valence electrons. The Labute approximate surface area is 164 Å². The molecule has 0 spiro atoms. The van der Waals surface area contributed by atoms with Gasteiger partial charge in [0.1, 0.15) is 6.26 Å². The van der Waals surface area contributed by atoms with Crippen molar-refractivity contribution in [3.8, 4) is 11.5 Å². The summed E-state index contributed by atoms with van der Waals surface area (Å²) in [5.74, 6) is 2.12. The molecule has 26 heavy (non-hydrogen) atoms. The summed E-state index contributed by atoms with van der Waals surface area (Å²) in [6.07, 6.45) is 5.07. The number of rotatable bonds is 5. The van der Waals surface area contributed by atoms with Crippen LogP contribution in [-0.4, -0.2) is 46.7 Å². The largest absolute Gasteiger partial charge is 0.444 e. The van der Waals surface area contributed by atoms with Crippen LogP contribution in [-0.2, 0) is 10.5 Å². The summed E-state index contributed by atoms with van der Waals surface area (Å²) in [5, 5.41) is 3.44. The molecule has 2 saturated heterocycles. The van der Waals surface area contributed by atoms with E-state index < -0.39 is 0 Å². The van der Waals surface area contributed by atoms with Gasteiger partial charge in [-0.2, -0.15) is 0 Å². The summed E-state index contributed by atoms with van der Waals surface area (Å²) >= 11 is 1.62. The van der Waals surface area contributed by atoms with E-state index in [1.54, 1.807) is 18.0 Å². The molecule has 4 rings (SSSR count). The molecule has 2 fully saturated rings. The topological polar surface area (TPSA) is 58.4 Å². The number of benzene rings is 1. The zero-order chi connectivity index (χ0) is 17.1. The number of thioether (sulfide) groups is 1. The number of oxazole rings is 1. The SMILES string of the molecule is Cl.O=C(CSCc1coc(-c2ccccc2)n1)N1C2CCNCC1CC2. The lowest BCUT2D eigenvalue weighted by atomic mass is 10.1. The molecule has 2 atom stereocenters.